The first-order chi connectivity index (χ1) is 18.2. The zero-order valence-electron chi connectivity index (χ0n) is 22.3. The van der Waals surface area contributed by atoms with Crippen LogP contribution in [0.5, 0.6) is 0 Å². The zero-order valence-corrected chi connectivity index (χ0v) is 23.1. The number of aromatic nitrogens is 3. The van der Waals surface area contributed by atoms with Gasteiger partial charge in [0.05, 0.1) is 5.69 Å². The van der Waals surface area contributed by atoms with E-state index >= 15 is 0 Å². The Labute approximate surface area is 228 Å². The van der Waals surface area contributed by atoms with Gasteiger partial charge in [0.25, 0.3) is 5.56 Å². The van der Waals surface area contributed by atoms with Crippen LogP contribution >= 0.6 is 11.6 Å². The third-order valence-corrected chi connectivity index (χ3v) is 7.29. The van der Waals surface area contributed by atoms with Gasteiger partial charge in [-0.1, -0.05) is 57.3 Å². The number of unbranched alkanes of at least 4 members (excludes halogenated alkanes) is 2. The van der Waals surface area contributed by atoms with Crippen molar-refractivity contribution in [3.63, 3.8) is 0 Å². The summed E-state index contributed by atoms with van der Waals surface area (Å²) in [4.78, 5) is 45.5. The quantitative estimate of drug-likeness (QED) is 0.357. The van der Waals surface area contributed by atoms with E-state index in [0.717, 1.165) is 31.2 Å². The van der Waals surface area contributed by atoms with Gasteiger partial charge in [-0.05, 0) is 43.7 Å². The van der Waals surface area contributed by atoms with Crippen molar-refractivity contribution >= 4 is 35.0 Å². The standard InChI is InChI=1S/C28H37ClN6O3/c1-4-5-6-13-34-24(33-14-7-8-23(33)27(38)31-21(26(30)37)15-18(2)3)16-25(36)35-17-22(32-28(34)35)19-9-11-20(29)12-10-19/h9-12,16-18,21,23H,4-8,13-15H2,1-3H3,(H2,30,37)(H,31,38)/t21-,23-/m0/s1. The molecule has 0 radical (unpaired) electrons. The Bertz CT molecular complexity index is 1350. The second-order valence-electron chi connectivity index (χ2n) is 10.4. The third-order valence-electron chi connectivity index (χ3n) is 7.04. The topological polar surface area (TPSA) is 115 Å². The van der Waals surface area contributed by atoms with Crippen LogP contribution in [0.25, 0.3) is 17.0 Å². The molecule has 1 fully saturated rings. The number of anilines is 1. The van der Waals surface area contributed by atoms with E-state index in [4.69, 9.17) is 22.3 Å². The average Bonchev–Trinajstić information content (AvgIpc) is 3.53. The van der Waals surface area contributed by atoms with Crippen LogP contribution in [0.3, 0.4) is 0 Å². The number of primary amides is 1. The first-order valence-corrected chi connectivity index (χ1v) is 13.8. The number of rotatable bonds is 11. The smallest absolute Gasteiger partial charge is 0.261 e. The maximum absolute atomic E-state index is 13.4. The number of benzene rings is 1. The Hall–Kier alpha value is -3.33. The summed E-state index contributed by atoms with van der Waals surface area (Å²) < 4.78 is 3.61. The molecule has 1 saturated heterocycles. The first-order valence-electron chi connectivity index (χ1n) is 13.4. The molecule has 204 valence electrons. The number of fused-ring (bicyclic) bond motifs is 1. The Morgan fingerprint density at radius 3 is 2.61 bits per heavy atom. The highest BCUT2D eigenvalue weighted by Crippen LogP contribution is 2.28. The van der Waals surface area contributed by atoms with Crippen LogP contribution in [0.1, 0.15) is 59.3 Å². The van der Waals surface area contributed by atoms with Crippen LogP contribution in [-0.2, 0) is 16.1 Å². The molecule has 10 heteroatoms. The van der Waals surface area contributed by atoms with Crippen molar-refractivity contribution < 1.29 is 9.59 Å². The molecule has 2 atom stereocenters. The number of hydrogen-bond donors (Lipinski definition) is 2. The minimum atomic E-state index is -0.728. The lowest BCUT2D eigenvalue weighted by Gasteiger charge is -2.30. The number of nitrogens with zero attached hydrogens (tertiary/aromatic N) is 4. The Morgan fingerprint density at radius 1 is 1.21 bits per heavy atom. The van der Waals surface area contributed by atoms with Gasteiger partial charge in [-0.2, -0.15) is 0 Å². The normalized spacial score (nSPS) is 16.3. The number of nitrogens with two attached hydrogens (primary N) is 1. The van der Waals surface area contributed by atoms with Crippen LogP contribution in [-0.4, -0.2) is 44.4 Å². The number of nitrogens with one attached hydrogen (secondary N) is 1. The molecule has 0 saturated carbocycles. The van der Waals surface area contributed by atoms with Gasteiger partial charge in [0.1, 0.15) is 17.9 Å². The number of carbonyl (C=O) groups is 2. The Balaban J connectivity index is 1.73. The molecule has 0 spiro atoms. The van der Waals surface area contributed by atoms with Crippen molar-refractivity contribution in [3.8, 4) is 11.3 Å². The molecule has 3 heterocycles. The highest BCUT2D eigenvalue weighted by Gasteiger charge is 2.35. The molecular formula is C28H37ClN6O3. The molecule has 3 N–H and O–H groups in total. The summed E-state index contributed by atoms with van der Waals surface area (Å²) in [6.45, 7) is 7.39. The monoisotopic (exact) mass is 540 g/mol. The van der Waals surface area contributed by atoms with Crippen molar-refractivity contribution in [2.24, 2.45) is 11.7 Å². The van der Waals surface area contributed by atoms with Gasteiger partial charge in [-0.3, -0.25) is 23.4 Å². The lowest BCUT2D eigenvalue weighted by atomic mass is 10.0. The average molecular weight is 541 g/mol. The van der Waals surface area contributed by atoms with Gasteiger partial charge in [0.2, 0.25) is 17.6 Å². The van der Waals surface area contributed by atoms with E-state index in [1.165, 1.54) is 0 Å². The summed E-state index contributed by atoms with van der Waals surface area (Å²) in [5, 5.41) is 3.50. The molecule has 1 aliphatic rings. The molecular weight excluding hydrogens is 504 g/mol. The van der Waals surface area contributed by atoms with E-state index in [1.54, 1.807) is 28.8 Å². The maximum atomic E-state index is 13.4. The minimum Gasteiger partial charge on any atom is -0.368 e. The molecule has 0 unspecified atom stereocenters. The largest absolute Gasteiger partial charge is 0.368 e. The molecule has 4 rings (SSSR count). The van der Waals surface area contributed by atoms with Crippen LogP contribution in [0, 0.1) is 5.92 Å². The van der Waals surface area contributed by atoms with Gasteiger partial charge >= 0.3 is 0 Å². The van der Waals surface area contributed by atoms with Crippen LogP contribution in [0.15, 0.2) is 41.3 Å². The number of hydrogen-bond acceptors (Lipinski definition) is 5. The summed E-state index contributed by atoms with van der Waals surface area (Å²) in [5.41, 5.74) is 6.90. The van der Waals surface area contributed by atoms with Gasteiger partial charge in [-0.15, -0.1) is 0 Å². The van der Waals surface area contributed by atoms with Crippen molar-refractivity contribution in [1.29, 1.82) is 0 Å². The number of carbonyl (C=O) groups excluding carboxylic acids is 2. The van der Waals surface area contributed by atoms with Gasteiger partial charge < -0.3 is 16.0 Å². The van der Waals surface area contributed by atoms with Crippen LogP contribution < -0.4 is 21.5 Å². The van der Waals surface area contributed by atoms with Crippen molar-refractivity contribution in [2.45, 2.75) is 77.9 Å². The predicted octanol–water partition coefficient (Wildman–Crippen LogP) is 3.99. The molecule has 9 nitrogen and oxygen atoms in total. The van der Waals surface area contributed by atoms with Crippen molar-refractivity contribution in [3.05, 3.63) is 51.9 Å². The summed E-state index contributed by atoms with van der Waals surface area (Å²) in [7, 11) is 0. The molecule has 2 amide bonds. The molecule has 2 aromatic heterocycles. The van der Waals surface area contributed by atoms with Crippen LogP contribution in [0.2, 0.25) is 5.02 Å². The van der Waals surface area contributed by atoms with E-state index < -0.39 is 18.0 Å². The second-order valence-corrected chi connectivity index (χ2v) is 10.9. The predicted molar refractivity (Wildman–Crippen MR) is 150 cm³/mol. The summed E-state index contributed by atoms with van der Waals surface area (Å²) in [6.07, 6.45) is 6.63. The fourth-order valence-corrected chi connectivity index (χ4v) is 5.24. The molecule has 1 aliphatic heterocycles. The van der Waals surface area contributed by atoms with Gasteiger partial charge in [0, 0.05) is 35.9 Å². The summed E-state index contributed by atoms with van der Waals surface area (Å²) >= 11 is 6.06. The molecule has 1 aromatic carbocycles. The van der Waals surface area contributed by atoms with Gasteiger partial charge in [-0.25, -0.2) is 4.98 Å². The van der Waals surface area contributed by atoms with Gasteiger partial charge in [0.15, 0.2) is 0 Å². The third kappa shape index (κ3) is 6.04. The second kappa shape index (κ2) is 12.0. The molecule has 3 aromatic rings. The lowest BCUT2D eigenvalue weighted by Crippen LogP contribution is -2.52. The number of amides is 2. The van der Waals surface area contributed by atoms with E-state index in [1.807, 2.05) is 35.4 Å². The van der Waals surface area contributed by atoms with E-state index in [2.05, 4.69) is 12.2 Å². The van der Waals surface area contributed by atoms with E-state index in [0.29, 0.717) is 48.2 Å². The first kappa shape index (κ1) is 27.7. The summed E-state index contributed by atoms with van der Waals surface area (Å²) in [6, 6.07) is 7.71. The highest BCUT2D eigenvalue weighted by atomic mass is 35.5. The zero-order chi connectivity index (χ0) is 27.4. The molecule has 0 bridgehead atoms. The maximum Gasteiger partial charge on any atom is 0.261 e. The number of imidazole rings is 1. The summed E-state index contributed by atoms with van der Waals surface area (Å²) in [5.74, 6) is 0.624. The fourth-order valence-electron chi connectivity index (χ4n) is 5.11. The fraction of sp³-hybridized carbons (Fsp3) is 0.500. The van der Waals surface area contributed by atoms with Crippen molar-refractivity contribution in [2.75, 3.05) is 11.4 Å². The lowest BCUT2D eigenvalue weighted by molar-refractivity contribution is -0.128. The molecule has 0 aliphatic carbocycles. The SMILES string of the molecule is CCCCCn1c(N2CCC[C@H]2C(=O)N[C@@H](CC(C)C)C(N)=O)cc(=O)n2cc(-c3ccc(Cl)cc3)nc12. The Morgan fingerprint density at radius 2 is 1.95 bits per heavy atom. The minimum absolute atomic E-state index is 0.203. The highest BCUT2D eigenvalue weighted by molar-refractivity contribution is 6.30. The number of aryl methyl sites for hydroxylation is 1. The van der Waals surface area contributed by atoms with E-state index in [9.17, 15) is 14.4 Å². The van der Waals surface area contributed by atoms with Crippen molar-refractivity contribution in [1.82, 2.24) is 19.3 Å². The Kier molecular flexibility index (Phi) is 8.76. The number of halogens is 1. The van der Waals surface area contributed by atoms with E-state index in [-0.39, 0.29) is 17.4 Å². The van der Waals surface area contributed by atoms with Crippen LogP contribution in [0.4, 0.5) is 5.82 Å². The molecule has 38 heavy (non-hydrogen) atoms.